The lowest BCUT2D eigenvalue weighted by atomic mass is 9.94. The Labute approximate surface area is 215 Å². The normalized spacial score (nSPS) is 13.8. The summed E-state index contributed by atoms with van der Waals surface area (Å²) in [6, 6.07) is 15.5. The van der Waals surface area contributed by atoms with Crippen LogP contribution in [0.3, 0.4) is 0 Å². The molecule has 3 atom stereocenters. The van der Waals surface area contributed by atoms with Crippen molar-refractivity contribution < 1.29 is 19.1 Å². The number of amides is 3. The molecule has 0 fully saturated rings. The highest BCUT2D eigenvalue weighted by atomic mass is 16.6. The highest BCUT2D eigenvalue weighted by Crippen LogP contribution is 2.27. The minimum Gasteiger partial charge on any atom is -0.444 e. The average Bonchev–Trinajstić information content (AvgIpc) is 2.83. The second kappa shape index (κ2) is 13.1. The van der Waals surface area contributed by atoms with E-state index in [0.717, 1.165) is 16.7 Å². The van der Waals surface area contributed by atoms with Gasteiger partial charge in [0.2, 0.25) is 11.8 Å². The Balaban J connectivity index is 2.40. The first-order valence-electron chi connectivity index (χ1n) is 12.7. The number of aryl methyl sites for hydroxylation is 1. The molecule has 0 aliphatic rings. The maximum atomic E-state index is 14.0. The third-order valence-corrected chi connectivity index (χ3v) is 6.13. The number of rotatable bonds is 10. The van der Waals surface area contributed by atoms with E-state index in [4.69, 9.17) is 4.74 Å². The molecule has 0 aromatic heterocycles. The summed E-state index contributed by atoms with van der Waals surface area (Å²) in [4.78, 5) is 41.7. The monoisotopic (exact) mass is 495 g/mol. The number of carbonyl (C=O) groups excluding carboxylic acids is 3. The van der Waals surface area contributed by atoms with Crippen LogP contribution in [-0.2, 0) is 20.9 Å². The van der Waals surface area contributed by atoms with Gasteiger partial charge in [0.05, 0.1) is 0 Å². The van der Waals surface area contributed by atoms with E-state index in [1.54, 1.807) is 25.7 Å². The van der Waals surface area contributed by atoms with Crippen molar-refractivity contribution in [2.75, 3.05) is 6.54 Å². The minimum atomic E-state index is -0.848. The first-order chi connectivity index (χ1) is 17.0. The van der Waals surface area contributed by atoms with Gasteiger partial charge in [0.25, 0.3) is 0 Å². The van der Waals surface area contributed by atoms with E-state index in [9.17, 15) is 14.4 Å². The van der Waals surface area contributed by atoms with Gasteiger partial charge in [0, 0.05) is 13.1 Å². The maximum absolute atomic E-state index is 14.0. The van der Waals surface area contributed by atoms with Crippen molar-refractivity contribution in [3.63, 3.8) is 0 Å². The number of alkyl carbamates (subject to hydrolysis) is 1. The third-order valence-electron chi connectivity index (χ3n) is 6.13. The molecule has 3 unspecified atom stereocenters. The van der Waals surface area contributed by atoms with E-state index < -0.39 is 23.8 Å². The Kier molecular flexibility index (Phi) is 10.5. The van der Waals surface area contributed by atoms with Crippen LogP contribution >= 0.6 is 0 Å². The van der Waals surface area contributed by atoms with Crippen molar-refractivity contribution in [2.45, 2.75) is 79.1 Å². The van der Waals surface area contributed by atoms with Crippen LogP contribution in [-0.4, -0.2) is 41.0 Å². The van der Waals surface area contributed by atoms with Gasteiger partial charge in [-0.15, -0.1) is 0 Å². The Hall–Kier alpha value is -3.35. The Morgan fingerprint density at radius 2 is 1.58 bits per heavy atom. The lowest BCUT2D eigenvalue weighted by Crippen LogP contribution is -2.55. The molecule has 3 amide bonds. The first-order valence-corrected chi connectivity index (χ1v) is 12.7. The lowest BCUT2D eigenvalue weighted by molar-refractivity contribution is -0.143. The van der Waals surface area contributed by atoms with Crippen LogP contribution in [0, 0.1) is 12.8 Å². The molecule has 7 nitrogen and oxygen atoms in total. The molecule has 2 N–H and O–H groups in total. The fourth-order valence-electron chi connectivity index (χ4n) is 3.99. The Morgan fingerprint density at radius 1 is 0.972 bits per heavy atom. The molecule has 0 aliphatic carbocycles. The van der Waals surface area contributed by atoms with Crippen molar-refractivity contribution in [1.82, 2.24) is 15.5 Å². The standard InChI is InChI=1S/C29H41N3O4/c1-8-20(3)24(31-28(35)36-29(5,6)7)27(34)32(9-2)25(23-18-14-13-15-21(23)4)26(33)30-19-22-16-11-10-12-17-22/h10-18,20,24-25H,8-9,19H2,1-7H3,(H,30,33)(H,31,35). The van der Waals surface area contributed by atoms with Crippen LogP contribution in [0.1, 0.15) is 70.7 Å². The quantitative estimate of drug-likeness (QED) is 0.478. The molecule has 7 heteroatoms. The average molecular weight is 496 g/mol. The molecular weight excluding hydrogens is 454 g/mol. The maximum Gasteiger partial charge on any atom is 0.408 e. The summed E-state index contributed by atoms with van der Waals surface area (Å²) >= 11 is 0. The fraction of sp³-hybridized carbons (Fsp3) is 0.483. The number of likely N-dealkylation sites (N-methyl/N-ethyl adjacent to an activating group) is 1. The molecule has 0 saturated carbocycles. The molecule has 2 aromatic rings. The first kappa shape index (κ1) is 28.9. The molecule has 2 aromatic carbocycles. The van der Waals surface area contributed by atoms with Crippen molar-refractivity contribution in [1.29, 1.82) is 0 Å². The largest absolute Gasteiger partial charge is 0.444 e. The topological polar surface area (TPSA) is 87.7 Å². The molecule has 2 rings (SSSR count). The predicted octanol–water partition coefficient (Wildman–Crippen LogP) is 5.14. The van der Waals surface area contributed by atoms with Gasteiger partial charge in [-0.2, -0.15) is 0 Å². The molecule has 0 radical (unpaired) electrons. The SMILES string of the molecule is CCC(C)C(NC(=O)OC(C)(C)C)C(=O)N(CC)C(C(=O)NCc1ccccc1)c1ccccc1C. The van der Waals surface area contributed by atoms with Crippen molar-refractivity contribution in [3.8, 4) is 0 Å². The fourth-order valence-corrected chi connectivity index (χ4v) is 3.99. The van der Waals surface area contributed by atoms with Gasteiger partial charge in [-0.1, -0.05) is 74.9 Å². The number of hydrogen-bond donors (Lipinski definition) is 2. The molecule has 0 aliphatic heterocycles. The lowest BCUT2D eigenvalue weighted by Gasteiger charge is -2.36. The van der Waals surface area contributed by atoms with E-state index in [-0.39, 0.29) is 17.7 Å². The summed E-state index contributed by atoms with van der Waals surface area (Å²) < 4.78 is 5.43. The zero-order chi connectivity index (χ0) is 26.9. The van der Waals surface area contributed by atoms with E-state index in [1.165, 1.54) is 0 Å². The smallest absolute Gasteiger partial charge is 0.408 e. The van der Waals surface area contributed by atoms with Crippen LogP contribution in [0.5, 0.6) is 0 Å². The van der Waals surface area contributed by atoms with E-state index in [2.05, 4.69) is 10.6 Å². The van der Waals surface area contributed by atoms with Crippen molar-refractivity contribution >= 4 is 17.9 Å². The third kappa shape index (κ3) is 8.11. The van der Waals surface area contributed by atoms with Crippen molar-refractivity contribution in [2.24, 2.45) is 5.92 Å². The number of benzene rings is 2. The Bertz CT molecular complexity index is 1020. The molecule has 36 heavy (non-hydrogen) atoms. The molecular formula is C29H41N3O4. The molecule has 196 valence electrons. The highest BCUT2D eigenvalue weighted by Gasteiger charge is 2.37. The van der Waals surface area contributed by atoms with Crippen molar-refractivity contribution in [3.05, 3.63) is 71.3 Å². The van der Waals surface area contributed by atoms with Crippen LogP contribution in [0.25, 0.3) is 0 Å². The molecule has 0 bridgehead atoms. The van der Waals surface area contributed by atoms with Gasteiger partial charge in [0.15, 0.2) is 0 Å². The Morgan fingerprint density at radius 3 is 2.14 bits per heavy atom. The summed E-state index contributed by atoms with van der Waals surface area (Å²) in [5.41, 5.74) is 1.92. The second-order valence-electron chi connectivity index (χ2n) is 10.1. The zero-order valence-electron chi connectivity index (χ0n) is 22.6. The van der Waals surface area contributed by atoms with Crippen LogP contribution in [0.2, 0.25) is 0 Å². The number of ether oxygens (including phenoxy) is 1. The summed E-state index contributed by atoms with van der Waals surface area (Å²) in [5, 5.41) is 5.78. The highest BCUT2D eigenvalue weighted by molar-refractivity contribution is 5.92. The van der Waals surface area contributed by atoms with Crippen LogP contribution in [0.15, 0.2) is 54.6 Å². The van der Waals surface area contributed by atoms with Gasteiger partial charge in [-0.3, -0.25) is 9.59 Å². The van der Waals surface area contributed by atoms with Gasteiger partial charge in [-0.05, 0) is 57.2 Å². The van der Waals surface area contributed by atoms with E-state index >= 15 is 0 Å². The van der Waals surface area contributed by atoms with Gasteiger partial charge in [0.1, 0.15) is 17.7 Å². The van der Waals surface area contributed by atoms with Gasteiger partial charge >= 0.3 is 6.09 Å². The van der Waals surface area contributed by atoms with E-state index in [0.29, 0.717) is 19.5 Å². The number of carbonyl (C=O) groups is 3. The number of nitrogens with zero attached hydrogens (tertiary/aromatic N) is 1. The summed E-state index contributed by atoms with van der Waals surface area (Å²) in [6.07, 6.45) is 0.0112. The predicted molar refractivity (Wildman–Crippen MR) is 142 cm³/mol. The number of nitrogens with one attached hydrogen (secondary N) is 2. The second-order valence-corrected chi connectivity index (χ2v) is 10.1. The summed E-state index contributed by atoms with van der Waals surface area (Å²) in [7, 11) is 0. The van der Waals surface area contributed by atoms with Gasteiger partial charge in [-0.25, -0.2) is 4.79 Å². The molecule has 0 heterocycles. The minimum absolute atomic E-state index is 0.163. The zero-order valence-corrected chi connectivity index (χ0v) is 22.6. The molecule has 0 spiro atoms. The number of hydrogen-bond acceptors (Lipinski definition) is 4. The summed E-state index contributed by atoms with van der Waals surface area (Å²) in [5.74, 6) is -0.756. The van der Waals surface area contributed by atoms with Crippen LogP contribution in [0.4, 0.5) is 4.79 Å². The summed E-state index contributed by atoms with van der Waals surface area (Å²) in [6.45, 7) is 13.6. The van der Waals surface area contributed by atoms with Gasteiger partial charge < -0.3 is 20.3 Å². The molecule has 0 saturated heterocycles. The van der Waals surface area contributed by atoms with Crippen LogP contribution < -0.4 is 10.6 Å². The van der Waals surface area contributed by atoms with E-state index in [1.807, 2.05) is 82.3 Å².